The molecule has 1 N–H and O–H groups in total. The fourth-order valence-electron chi connectivity index (χ4n) is 1.57. The predicted molar refractivity (Wildman–Crippen MR) is 81.6 cm³/mol. The van der Waals surface area contributed by atoms with Crippen LogP contribution < -0.4 is 4.74 Å². The number of halogens is 3. The number of oxime groups is 1. The van der Waals surface area contributed by atoms with Crippen LogP contribution in [0.4, 0.5) is 0 Å². The van der Waals surface area contributed by atoms with Gasteiger partial charge in [0.25, 0.3) is 0 Å². The molecule has 20 heavy (non-hydrogen) atoms. The summed E-state index contributed by atoms with van der Waals surface area (Å²) in [5.41, 5.74) is 1.40. The minimum absolute atomic E-state index is 0.214. The van der Waals surface area contributed by atoms with E-state index in [1.54, 1.807) is 36.4 Å². The Kier molecular flexibility index (Phi) is 5.12. The average Bonchev–Trinajstić information content (AvgIpc) is 2.45. The first-order valence-electron chi connectivity index (χ1n) is 5.64. The number of ether oxygens (including phenoxy) is 1. The minimum atomic E-state index is 0.214. The van der Waals surface area contributed by atoms with E-state index >= 15 is 0 Å². The summed E-state index contributed by atoms with van der Waals surface area (Å²) in [6.45, 7) is 0.214. The van der Waals surface area contributed by atoms with Crippen LogP contribution in [0.25, 0.3) is 0 Å². The molecule has 2 aromatic rings. The summed E-state index contributed by atoms with van der Waals surface area (Å²) in [6, 6.07) is 10.3. The van der Waals surface area contributed by atoms with E-state index in [4.69, 9.17) is 44.7 Å². The van der Waals surface area contributed by atoms with Gasteiger partial charge in [-0.1, -0.05) is 40.0 Å². The lowest BCUT2D eigenvalue weighted by Crippen LogP contribution is -1.98. The first-order chi connectivity index (χ1) is 9.61. The Bertz CT molecular complexity index is 627. The van der Waals surface area contributed by atoms with Crippen molar-refractivity contribution >= 4 is 41.0 Å². The van der Waals surface area contributed by atoms with Gasteiger partial charge in [0.15, 0.2) is 0 Å². The summed E-state index contributed by atoms with van der Waals surface area (Å²) in [6.07, 6.45) is 1.33. The van der Waals surface area contributed by atoms with Crippen LogP contribution in [-0.2, 0) is 6.61 Å². The molecule has 3 nitrogen and oxygen atoms in total. The van der Waals surface area contributed by atoms with E-state index in [0.29, 0.717) is 26.4 Å². The van der Waals surface area contributed by atoms with Crippen LogP contribution in [0.3, 0.4) is 0 Å². The lowest BCUT2D eigenvalue weighted by molar-refractivity contribution is 0.306. The van der Waals surface area contributed by atoms with Crippen molar-refractivity contribution < 1.29 is 9.94 Å². The zero-order chi connectivity index (χ0) is 14.5. The summed E-state index contributed by atoms with van der Waals surface area (Å²) in [4.78, 5) is 0. The maximum absolute atomic E-state index is 8.42. The molecule has 0 spiro atoms. The Labute approximate surface area is 131 Å². The molecule has 0 radical (unpaired) electrons. The molecule has 0 aromatic heterocycles. The van der Waals surface area contributed by atoms with Gasteiger partial charge >= 0.3 is 0 Å². The standard InChI is InChI=1S/C14H10Cl3NO2/c15-12-5-6-13(16)14(17)11(12)8-20-10-3-1-9(2-4-10)7-18-19/h1-7,19H,8H2/b18-7+. The van der Waals surface area contributed by atoms with E-state index in [9.17, 15) is 0 Å². The Morgan fingerprint density at radius 2 is 1.65 bits per heavy atom. The Morgan fingerprint density at radius 3 is 2.30 bits per heavy atom. The van der Waals surface area contributed by atoms with Crippen molar-refractivity contribution in [2.24, 2.45) is 5.16 Å². The Morgan fingerprint density at radius 1 is 1.00 bits per heavy atom. The molecule has 0 aliphatic carbocycles. The number of hydrogen-bond donors (Lipinski definition) is 1. The van der Waals surface area contributed by atoms with Crippen molar-refractivity contribution in [2.75, 3.05) is 0 Å². The van der Waals surface area contributed by atoms with Crippen LogP contribution in [0.1, 0.15) is 11.1 Å². The van der Waals surface area contributed by atoms with Gasteiger partial charge in [0, 0.05) is 10.6 Å². The molecule has 0 saturated heterocycles. The van der Waals surface area contributed by atoms with Crippen LogP contribution in [0.15, 0.2) is 41.6 Å². The first kappa shape index (κ1) is 15.0. The summed E-state index contributed by atoms with van der Waals surface area (Å²) < 4.78 is 5.61. The number of hydrogen-bond acceptors (Lipinski definition) is 3. The predicted octanol–water partition coefficient (Wildman–Crippen LogP) is 5.03. The largest absolute Gasteiger partial charge is 0.489 e. The van der Waals surface area contributed by atoms with Gasteiger partial charge in [-0.25, -0.2) is 0 Å². The quantitative estimate of drug-likeness (QED) is 0.369. The van der Waals surface area contributed by atoms with Gasteiger partial charge in [-0.2, -0.15) is 0 Å². The lowest BCUT2D eigenvalue weighted by atomic mass is 10.2. The second kappa shape index (κ2) is 6.84. The monoisotopic (exact) mass is 329 g/mol. The van der Waals surface area contributed by atoms with Crippen LogP contribution in [0.2, 0.25) is 15.1 Å². The molecule has 0 atom stereocenters. The molecule has 0 saturated carbocycles. The molecule has 0 aliphatic heterocycles. The van der Waals surface area contributed by atoms with E-state index < -0.39 is 0 Å². The summed E-state index contributed by atoms with van der Waals surface area (Å²) >= 11 is 18.1. The van der Waals surface area contributed by atoms with Crippen LogP contribution in [0, 0.1) is 0 Å². The number of nitrogens with zero attached hydrogens (tertiary/aromatic N) is 1. The van der Waals surface area contributed by atoms with E-state index in [2.05, 4.69) is 5.16 Å². The Hall–Kier alpha value is -1.42. The summed E-state index contributed by atoms with van der Waals surface area (Å²) in [5, 5.41) is 12.7. The molecule has 0 heterocycles. The molecule has 0 unspecified atom stereocenters. The number of benzene rings is 2. The summed E-state index contributed by atoms with van der Waals surface area (Å²) in [7, 11) is 0. The third-order valence-electron chi connectivity index (χ3n) is 2.61. The van der Waals surface area contributed by atoms with Crippen LogP contribution >= 0.6 is 34.8 Å². The van der Waals surface area contributed by atoms with Gasteiger partial charge < -0.3 is 9.94 Å². The van der Waals surface area contributed by atoms with Gasteiger partial charge in [0.1, 0.15) is 12.4 Å². The SMILES string of the molecule is O/N=C/c1ccc(OCc2c(Cl)ccc(Cl)c2Cl)cc1. The molecule has 0 fully saturated rings. The maximum atomic E-state index is 8.42. The van der Waals surface area contributed by atoms with Gasteiger partial charge in [-0.3, -0.25) is 0 Å². The minimum Gasteiger partial charge on any atom is -0.489 e. The average molecular weight is 331 g/mol. The lowest BCUT2D eigenvalue weighted by Gasteiger charge is -2.10. The molecule has 0 aliphatic rings. The van der Waals surface area contributed by atoms with Crippen molar-refractivity contribution in [1.29, 1.82) is 0 Å². The highest BCUT2D eigenvalue weighted by Crippen LogP contribution is 2.32. The topological polar surface area (TPSA) is 41.8 Å². The van der Waals surface area contributed by atoms with Crippen LogP contribution in [0.5, 0.6) is 5.75 Å². The maximum Gasteiger partial charge on any atom is 0.119 e. The van der Waals surface area contributed by atoms with Crippen molar-refractivity contribution in [3.63, 3.8) is 0 Å². The van der Waals surface area contributed by atoms with Crippen molar-refractivity contribution in [1.82, 2.24) is 0 Å². The highest BCUT2D eigenvalue weighted by Gasteiger charge is 2.10. The third-order valence-corrected chi connectivity index (χ3v) is 3.81. The molecule has 0 amide bonds. The second-order valence-corrected chi connectivity index (χ2v) is 5.12. The van der Waals surface area contributed by atoms with Gasteiger partial charge in [0.2, 0.25) is 0 Å². The zero-order valence-corrected chi connectivity index (χ0v) is 12.5. The Balaban J connectivity index is 2.11. The molecule has 2 aromatic carbocycles. The summed E-state index contributed by atoms with van der Waals surface area (Å²) in [5.74, 6) is 0.646. The van der Waals surface area contributed by atoms with E-state index in [1.807, 2.05) is 0 Å². The molecular formula is C14H10Cl3NO2. The van der Waals surface area contributed by atoms with Gasteiger partial charge in [-0.15, -0.1) is 0 Å². The van der Waals surface area contributed by atoms with E-state index in [1.165, 1.54) is 6.21 Å². The normalized spacial score (nSPS) is 10.9. The fraction of sp³-hybridized carbons (Fsp3) is 0.0714. The van der Waals surface area contributed by atoms with E-state index in [-0.39, 0.29) is 6.61 Å². The van der Waals surface area contributed by atoms with E-state index in [0.717, 1.165) is 5.56 Å². The number of rotatable bonds is 4. The third kappa shape index (κ3) is 3.57. The molecule has 104 valence electrons. The van der Waals surface area contributed by atoms with Crippen molar-refractivity contribution in [2.45, 2.75) is 6.61 Å². The fourth-order valence-corrected chi connectivity index (χ4v) is 2.23. The van der Waals surface area contributed by atoms with Crippen molar-refractivity contribution in [3.05, 3.63) is 62.6 Å². The second-order valence-electron chi connectivity index (χ2n) is 3.92. The van der Waals surface area contributed by atoms with Gasteiger partial charge in [0.05, 0.1) is 16.3 Å². The highest BCUT2D eigenvalue weighted by atomic mass is 35.5. The van der Waals surface area contributed by atoms with Crippen LogP contribution in [-0.4, -0.2) is 11.4 Å². The zero-order valence-electron chi connectivity index (χ0n) is 10.2. The smallest absolute Gasteiger partial charge is 0.119 e. The van der Waals surface area contributed by atoms with Crippen molar-refractivity contribution in [3.8, 4) is 5.75 Å². The molecule has 2 rings (SSSR count). The molecular weight excluding hydrogens is 321 g/mol. The highest BCUT2D eigenvalue weighted by molar-refractivity contribution is 6.44. The molecule has 0 bridgehead atoms. The molecule has 6 heteroatoms. The van der Waals surface area contributed by atoms with Gasteiger partial charge in [-0.05, 0) is 42.0 Å². The first-order valence-corrected chi connectivity index (χ1v) is 6.78.